The molecule has 5 heteroatoms. The Morgan fingerprint density at radius 1 is 1.44 bits per heavy atom. The van der Waals surface area contributed by atoms with Gasteiger partial charge in [-0.3, -0.25) is 0 Å². The highest BCUT2D eigenvalue weighted by molar-refractivity contribution is 7.57. The number of allylic oxidation sites excluding steroid dienone is 2. The van der Waals surface area contributed by atoms with Gasteiger partial charge in [-0.1, -0.05) is 12.8 Å². The molecule has 1 aliphatic heterocycles. The molecule has 0 bridgehead atoms. The van der Waals surface area contributed by atoms with Gasteiger partial charge in [-0.25, -0.2) is 4.57 Å². The van der Waals surface area contributed by atoms with Gasteiger partial charge in [-0.15, -0.1) is 0 Å². The summed E-state index contributed by atoms with van der Waals surface area (Å²) in [5.74, 6) is 2.06. The molecule has 2 rings (SSSR count). The van der Waals surface area contributed by atoms with Crippen molar-refractivity contribution in [1.82, 2.24) is 0 Å². The van der Waals surface area contributed by atoms with Gasteiger partial charge in [0.25, 0.3) is 0 Å². The van der Waals surface area contributed by atoms with Gasteiger partial charge in [0.1, 0.15) is 0 Å². The molecule has 1 saturated carbocycles. The zero-order chi connectivity index (χ0) is 11.9. The highest BCUT2D eigenvalue weighted by Gasteiger charge is 2.18. The van der Waals surface area contributed by atoms with Crippen molar-refractivity contribution in [2.75, 3.05) is 13.7 Å². The molecule has 0 radical (unpaired) electrons. The Kier molecular flexibility index (Phi) is 5.81. The average molecular weight is 246 g/mol. The summed E-state index contributed by atoms with van der Waals surface area (Å²) in [6, 6.07) is 0. The maximum Gasteiger partial charge on any atom is 0.402 e. The first-order chi connectivity index (χ1) is 7.70. The fourth-order valence-electron chi connectivity index (χ4n) is 1.65. The minimum Gasteiger partial charge on any atom is -0.430 e. The first kappa shape index (κ1) is 13.5. The Bertz CT molecular complexity index is 292. The summed E-state index contributed by atoms with van der Waals surface area (Å²) >= 11 is 0. The second kappa shape index (κ2) is 6.89. The molecule has 0 aromatic carbocycles. The maximum atomic E-state index is 11.0. The lowest BCUT2D eigenvalue weighted by atomic mass is 10.1. The molecule has 1 atom stereocenters. The van der Waals surface area contributed by atoms with Crippen molar-refractivity contribution < 1.29 is 18.7 Å². The third kappa shape index (κ3) is 4.52. The molecule has 92 valence electrons. The molecule has 0 aromatic heterocycles. The van der Waals surface area contributed by atoms with Crippen molar-refractivity contribution in [3.05, 3.63) is 24.2 Å². The summed E-state index contributed by atoms with van der Waals surface area (Å²) in [7, 11) is -1.51. The third-order valence-electron chi connectivity index (χ3n) is 2.65. The number of aliphatic hydroxyl groups excluding tert-OH is 1. The number of rotatable bonds is 2. The van der Waals surface area contributed by atoms with Crippen LogP contribution in [-0.2, 0) is 13.6 Å². The molecule has 1 fully saturated rings. The van der Waals surface area contributed by atoms with E-state index in [0.29, 0.717) is 12.5 Å². The van der Waals surface area contributed by atoms with E-state index in [9.17, 15) is 4.57 Å². The van der Waals surface area contributed by atoms with Gasteiger partial charge >= 0.3 is 7.60 Å². The van der Waals surface area contributed by atoms with Crippen molar-refractivity contribution in [2.24, 2.45) is 5.92 Å². The molecule has 1 aliphatic carbocycles. The molecular formula is C11H19O4P. The minimum absolute atomic E-state index is 0.417. The fraction of sp³-hybridized carbons (Fsp3) is 0.636. The number of aliphatic hydroxyl groups is 1. The monoisotopic (exact) mass is 246 g/mol. The van der Waals surface area contributed by atoms with E-state index in [-0.39, 0.29) is 0 Å². The lowest BCUT2D eigenvalue weighted by molar-refractivity contribution is 0.230. The van der Waals surface area contributed by atoms with Gasteiger partial charge in [-0.2, -0.15) is 0 Å². The van der Waals surface area contributed by atoms with Crippen LogP contribution in [0.3, 0.4) is 0 Å². The molecule has 1 N–H and O–H groups in total. The van der Waals surface area contributed by atoms with Crippen LogP contribution in [-0.4, -0.2) is 18.8 Å². The van der Waals surface area contributed by atoms with Crippen LogP contribution in [0, 0.1) is 5.92 Å². The van der Waals surface area contributed by atoms with E-state index in [4.69, 9.17) is 5.11 Å². The van der Waals surface area contributed by atoms with Crippen LogP contribution in [0.4, 0.5) is 0 Å². The van der Waals surface area contributed by atoms with Crippen molar-refractivity contribution in [3.8, 4) is 0 Å². The Morgan fingerprint density at radius 2 is 2.12 bits per heavy atom. The highest BCUT2D eigenvalue weighted by atomic mass is 31.2. The van der Waals surface area contributed by atoms with Gasteiger partial charge < -0.3 is 14.2 Å². The zero-order valence-corrected chi connectivity index (χ0v) is 10.4. The highest BCUT2D eigenvalue weighted by Crippen LogP contribution is 2.50. The summed E-state index contributed by atoms with van der Waals surface area (Å²) in [4.78, 5) is 0. The van der Waals surface area contributed by atoms with Crippen LogP contribution >= 0.6 is 7.60 Å². The predicted octanol–water partition coefficient (Wildman–Crippen LogP) is 3.05. The molecule has 0 amide bonds. The first-order valence-electron chi connectivity index (χ1n) is 5.49. The Balaban J connectivity index is 0.000000165. The second-order valence-electron chi connectivity index (χ2n) is 3.83. The quantitative estimate of drug-likeness (QED) is 0.761. The summed E-state index contributed by atoms with van der Waals surface area (Å²) < 4.78 is 20.3. The lowest BCUT2D eigenvalue weighted by Gasteiger charge is -2.11. The third-order valence-corrected chi connectivity index (χ3v) is 4.12. The molecule has 0 saturated heterocycles. The Hall–Kier alpha value is -0.570. The standard InChI is InChI=1S/C6H12O.C5H7O3P/c7-5-6-3-1-2-4-6;1-7-9(6)5-3-2-4-8-9/h6-7H,1-5H2;2-5H,1H3. The smallest absolute Gasteiger partial charge is 0.402 e. The first-order valence-corrected chi connectivity index (χ1v) is 7.10. The summed E-state index contributed by atoms with van der Waals surface area (Å²) in [5, 5.41) is 8.57. The van der Waals surface area contributed by atoms with Gasteiger partial charge in [0.05, 0.1) is 6.26 Å². The summed E-state index contributed by atoms with van der Waals surface area (Å²) in [5.41, 5.74) is 0. The largest absolute Gasteiger partial charge is 0.430 e. The molecule has 2 aliphatic rings. The van der Waals surface area contributed by atoms with E-state index < -0.39 is 7.60 Å². The van der Waals surface area contributed by atoms with E-state index in [2.05, 4.69) is 9.05 Å². The normalized spacial score (nSPS) is 28.4. The number of hydrogen-bond donors (Lipinski definition) is 1. The van der Waals surface area contributed by atoms with Gasteiger partial charge in [-0.05, 0) is 30.9 Å². The van der Waals surface area contributed by atoms with E-state index in [0.717, 1.165) is 0 Å². The Labute approximate surface area is 96.5 Å². The van der Waals surface area contributed by atoms with Gasteiger partial charge in [0.2, 0.25) is 0 Å². The van der Waals surface area contributed by atoms with E-state index in [1.807, 2.05) is 0 Å². The van der Waals surface area contributed by atoms with Crippen LogP contribution in [0.1, 0.15) is 25.7 Å². The molecular weight excluding hydrogens is 227 g/mol. The molecule has 1 unspecified atom stereocenters. The van der Waals surface area contributed by atoms with Crippen molar-refractivity contribution in [1.29, 1.82) is 0 Å². The maximum absolute atomic E-state index is 11.0. The number of hydrogen-bond acceptors (Lipinski definition) is 4. The SMILES string of the molecule is COP1(=O)C=CC=CO1.OCC1CCCC1. The molecule has 0 spiro atoms. The van der Waals surface area contributed by atoms with Crippen LogP contribution in [0.15, 0.2) is 24.2 Å². The lowest BCUT2D eigenvalue weighted by Crippen LogP contribution is -1.97. The van der Waals surface area contributed by atoms with E-state index in [1.54, 1.807) is 12.2 Å². The summed E-state index contributed by atoms with van der Waals surface area (Å²) in [6.07, 6.45) is 9.83. The molecule has 16 heavy (non-hydrogen) atoms. The van der Waals surface area contributed by atoms with Crippen molar-refractivity contribution >= 4 is 7.60 Å². The predicted molar refractivity (Wildman–Crippen MR) is 63.0 cm³/mol. The van der Waals surface area contributed by atoms with Crippen molar-refractivity contribution in [3.63, 3.8) is 0 Å². The van der Waals surface area contributed by atoms with E-state index >= 15 is 0 Å². The van der Waals surface area contributed by atoms with Crippen LogP contribution in [0.25, 0.3) is 0 Å². The van der Waals surface area contributed by atoms with Crippen LogP contribution in [0.5, 0.6) is 0 Å². The second-order valence-corrected chi connectivity index (χ2v) is 5.78. The minimum atomic E-state index is -2.86. The van der Waals surface area contributed by atoms with E-state index in [1.165, 1.54) is 44.9 Å². The van der Waals surface area contributed by atoms with Crippen LogP contribution in [0.2, 0.25) is 0 Å². The molecule has 0 aromatic rings. The van der Waals surface area contributed by atoms with Crippen LogP contribution < -0.4 is 0 Å². The average Bonchev–Trinajstić information content (AvgIpc) is 2.84. The molecule has 1 heterocycles. The van der Waals surface area contributed by atoms with Crippen molar-refractivity contribution in [2.45, 2.75) is 25.7 Å². The van der Waals surface area contributed by atoms with Gasteiger partial charge in [0.15, 0.2) is 0 Å². The topological polar surface area (TPSA) is 55.8 Å². The summed E-state index contributed by atoms with van der Waals surface area (Å²) in [6.45, 7) is 0.417. The Morgan fingerprint density at radius 3 is 2.44 bits per heavy atom. The fourth-order valence-corrected chi connectivity index (χ4v) is 2.48. The van der Waals surface area contributed by atoms with Gasteiger partial charge in [0, 0.05) is 19.5 Å². The molecule has 4 nitrogen and oxygen atoms in total. The zero-order valence-electron chi connectivity index (χ0n) is 9.54.